The monoisotopic (exact) mass is 326 g/mol. The first-order chi connectivity index (χ1) is 11.5. The van der Waals surface area contributed by atoms with Crippen molar-refractivity contribution in [2.75, 3.05) is 7.11 Å². The first-order valence-corrected chi connectivity index (χ1v) is 7.31. The Kier molecular flexibility index (Phi) is 4.04. The summed E-state index contributed by atoms with van der Waals surface area (Å²) >= 11 is 0. The van der Waals surface area contributed by atoms with Gasteiger partial charge >= 0.3 is 17.4 Å². The topological polar surface area (TPSA) is 79.9 Å². The lowest BCUT2D eigenvalue weighted by Crippen LogP contribution is -2.28. The summed E-state index contributed by atoms with van der Waals surface area (Å²) in [4.78, 5) is 26.2. The summed E-state index contributed by atoms with van der Waals surface area (Å²) in [6.07, 6.45) is 0. The molecule has 1 aromatic heterocycles. The standard InChI is InChI=1S/C18H15NO5/c1-10-7-14(22-3)9-15-16(10)24-18(19-17(15)21)12-5-4-6-13(8-12)23-11(2)20/h4-9H,1-3H3/p+1. The molecule has 0 amide bonds. The molecule has 2 aromatic carbocycles. The van der Waals surface area contributed by atoms with Gasteiger partial charge in [-0.2, -0.15) is 0 Å². The van der Waals surface area contributed by atoms with Crippen molar-refractivity contribution in [2.45, 2.75) is 13.8 Å². The van der Waals surface area contributed by atoms with Gasteiger partial charge in [-0.3, -0.25) is 4.79 Å². The van der Waals surface area contributed by atoms with Crippen molar-refractivity contribution in [3.63, 3.8) is 0 Å². The summed E-state index contributed by atoms with van der Waals surface area (Å²) in [6.45, 7) is 3.17. The summed E-state index contributed by atoms with van der Waals surface area (Å²) in [6, 6.07) is 10.2. The van der Waals surface area contributed by atoms with E-state index in [1.165, 1.54) is 6.92 Å². The van der Waals surface area contributed by atoms with E-state index in [-0.39, 0.29) is 11.4 Å². The van der Waals surface area contributed by atoms with Crippen LogP contribution in [0.4, 0.5) is 0 Å². The third-order valence-corrected chi connectivity index (χ3v) is 3.52. The Balaban J connectivity index is 2.16. The Labute approximate surface area is 137 Å². The molecule has 3 aromatic rings. The van der Waals surface area contributed by atoms with Crippen LogP contribution in [0.25, 0.3) is 22.4 Å². The molecule has 0 saturated carbocycles. The SMILES string of the molecule is COc1cc(C)c2oc(-c3cccc(OC(C)=O)c3)[nH+]c(=O)c2c1. The van der Waals surface area contributed by atoms with Crippen molar-refractivity contribution in [3.05, 3.63) is 52.3 Å². The number of carbonyl (C=O) groups excluding carboxylic acids is 1. The summed E-state index contributed by atoms with van der Waals surface area (Å²) in [5, 5.41) is 0.409. The van der Waals surface area contributed by atoms with Gasteiger partial charge in [0.1, 0.15) is 16.9 Å². The minimum Gasteiger partial charge on any atom is -0.497 e. The highest BCUT2D eigenvalue weighted by Gasteiger charge is 2.18. The Morgan fingerprint density at radius 2 is 1.96 bits per heavy atom. The lowest BCUT2D eigenvalue weighted by Gasteiger charge is -2.05. The summed E-state index contributed by atoms with van der Waals surface area (Å²) in [7, 11) is 1.54. The molecule has 0 atom stereocenters. The number of aromatic amines is 1. The number of ether oxygens (including phenoxy) is 2. The van der Waals surface area contributed by atoms with E-state index in [9.17, 15) is 9.59 Å². The second-order valence-electron chi connectivity index (χ2n) is 5.33. The number of carbonyl (C=O) groups is 1. The lowest BCUT2D eigenvalue weighted by atomic mass is 10.1. The van der Waals surface area contributed by atoms with Crippen LogP contribution in [0.15, 0.2) is 45.6 Å². The third-order valence-electron chi connectivity index (χ3n) is 3.52. The zero-order chi connectivity index (χ0) is 17.3. The van der Waals surface area contributed by atoms with Crippen LogP contribution >= 0.6 is 0 Å². The number of hydrogen-bond acceptors (Lipinski definition) is 5. The summed E-state index contributed by atoms with van der Waals surface area (Å²) < 4.78 is 16.1. The van der Waals surface area contributed by atoms with E-state index in [0.717, 1.165) is 5.56 Å². The van der Waals surface area contributed by atoms with Gasteiger partial charge in [0.15, 0.2) is 5.58 Å². The molecule has 0 aliphatic rings. The number of aryl methyl sites for hydroxylation is 1. The molecule has 0 radical (unpaired) electrons. The zero-order valence-electron chi connectivity index (χ0n) is 13.5. The van der Waals surface area contributed by atoms with E-state index in [4.69, 9.17) is 13.9 Å². The van der Waals surface area contributed by atoms with Gasteiger partial charge in [-0.15, -0.1) is 4.98 Å². The van der Waals surface area contributed by atoms with Crippen LogP contribution in [0.2, 0.25) is 0 Å². The van der Waals surface area contributed by atoms with Crippen LogP contribution in [0.1, 0.15) is 12.5 Å². The van der Waals surface area contributed by atoms with Crippen molar-refractivity contribution >= 4 is 16.9 Å². The van der Waals surface area contributed by atoms with Gasteiger partial charge in [0.05, 0.1) is 12.7 Å². The molecule has 1 heterocycles. The van der Waals surface area contributed by atoms with Gasteiger partial charge in [0, 0.05) is 13.0 Å². The van der Waals surface area contributed by atoms with Crippen molar-refractivity contribution in [2.24, 2.45) is 0 Å². The molecule has 0 saturated heterocycles. The molecule has 0 aliphatic carbocycles. The third kappa shape index (κ3) is 2.99. The molecule has 24 heavy (non-hydrogen) atoms. The maximum atomic E-state index is 12.4. The molecule has 0 aliphatic heterocycles. The van der Waals surface area contributed by atoms with Crippen molar-refractivity contribution in [3.8, 4) is 23.0 Å². The van der Waals surface area contributed by atoms with E-state index in [1.807, 2.05) is 6.92 Å². The van der Waals surface area contributed by atoms with Crippen LogP contribution in [-0.2, 0) is 4.79 Å². The van der Waals surface area contributed by atoms with Crippen LogP contribution in [0.3, 0.4) is 0 Å². The van der Waals surface area contributed by atoms with Gasteiger partial charge in [-0.1, -0.05) is 6.07 Å². The molecule has 6 nitrogen and oxygen atoms in total. The van der Waals surface area contributed by atoms with Crippen LogP contribution in [0, 0.1) is 6.92 Å². The second kappa shape index (κ2) is 6.16. The summed E-state index contributed by atoms with van der Waals surface area (Å²) in [5.74, 6) is 0.835. The number of fused-ring (bicyclic) bond motifs is 1. The molecular formula is C18H16NO5+. The maximum absolute atomic E-state index is 12.4. The number of nitrogens with one attached hydrogen (secondary N) is 1. The largest absolute Gasteiger partial charge is 0.497 e. The predicted molar refractivity (Wildman–Crippen MR) is 87.1 cm³/mol. The van der Waals surface area contributed by atoms with Crippen molar-refractivity contribution in [1.29, 1.82) is 0 Å². The van der Waals surface area contributed by atoms with Crippen LogP contribution < -0.4 is 20.0 Å². The number of methoxy groups -OCH3 is 1. The average molecular weight is 326 g/mol. The van der Waals surface area contributed by atoms with Gasteiger partial charge in [-0.25, -0.2) is 4.79 Å². The predicted octanol–water partition coefficient (Wildman–Crippen LogP) is 2.52. The fourth-order valence-electron chi connectivity index (χ4n) is 2.46. The Morgan fingerprint density at radius 3 is 2.67 bits per heavy atom. The van der Waals surface area contributed by atoms with Crippen LogP contribution in [-0.4, -0.2) is 13.1 Å². The van der Waals surface area contributed by atoms with E-state index < -0.39 is 5.97 Å². The molecule has 0 spiro atoms. The fourth-order valence-corrected chi connectivity index (χ4v) is 2.46. The van der Waals surface area contributed by atoms with Gasteiger partial charge in [0.25, 0.3) is 0 Å². The van der Waals surface area contributed by atoms with E-state index in [2.05, 4.69) is 4.98 Å². The minimum absolute atomic E-state index is 0.286. The molecule has 3 rings (SSSR count). The number of rotatable bonds is 3. The number of hydrogen-bond donors (Lipinski definition) is 0. The van der Waals surface area contributed by atoms with Crippen LogP contribution in [0.5, 0.6) is 11.5 Å². The average Bonchev–Trinajstić information content (AvgIpc) is 2.55. The van der Waals surface area contributed by atoms with Crippen molar-refractivity contribution < 1.29 is 23.7 Å². The Bertz CT molecular complexity index is 990. The van der Waals surface area contributed by atoms with Gasteiger partial charge in [0.2, 0.25) is 0 Å². The molecule has 0 bridgehead atoms. The zero-order valence-corrected chi connectivity index (χ0v) is 13.5. The Morgan fingerprint density at radius 1 is 1.17 bits per heavy atom. The smallest absolute Gasteiger partial charge is 0.424 e. The van der Waals surface area contributed by atoms with Gasteiger partial charge in [-0.05, 0) is 36.8 Å². The molecule has 1 N–H and O–H groups in total. The van der Waals surface area contributed by atoms with E-state index >= 15 is 0 Å². The molecule has 122 valence electrons. The first-order valence-electron chi connectivity index (χ1n) is 7.31. The van der Waals surface area contributed by atoms with E-state index in [1.54, 1.807) is 43.5 Å². The number of esters is 1. The number of aromatic nitrogens is 1. The quantitative estimate of drug-likeness (QED) is 0.546. The highest BCUT2D eigenvalue weighted by molar-refractivity contribution is 5.80. The highest BCUT2D eigenvalue weighted by Crippen LogP contribution is 2.26. The van der Waals surface area contributed by atoms with Crippen molar-refractivity contribution in [1.82, 2.24) is 0 Å². The molecule has 6 heteroatoms. The maximum Gasteiger partial charge on any atom is 0.424 e. The fraction of sp³-hybridized carbons (Fsp3) is 0.167. The number of benzene rings is 2. The second-order valence-corrected chi connectivity index (χ2v) is 5.33. The molecule has 0 fully saturated rings. The van der Waals surface area contributed by atoms with Gasteiger partial charge < -0.3 is 13.9 Å². The minimum atomic E-state index is -0.418. The molecule has 0 unspecified atom stereocenters. The van der Waals surface area contributed by atoms with E-state index in [0.29, 0.717) is 28.0 Å². The lowest BCUT2D eigenvalue weighted by molar-refractivity contribution is -0.396. The first kappa shape index (κ1) is 15.7. The number of H-pyrrole nitrogens is 1. The normalized spacial score (nSPS) is 10.6. The molecular weight excluding hydrogens is 310 g/mol. The Hall–Kier alpha value is -3.15. The highest BCUT2D eigenvalue weighted by atomic mass is 16.5. The summed E-state index contributed by atoms with van der Waals surface area (Å²) in [5.41, 5.74) is 1.58.